The summed E-state index contributed by atoms with van der Waals surface area (Å²) in [6.45, 7) is 3.59. The van der Waals surface area contributed by atoms with E-state index in [2.05, 4.69) is 74.6 Å². The molecule has 302 valence electrons. The van der Waals surface area contributed by atoms with Crippen molar-refractivity contribution in [1.29, 1.82) is 0 Å². The zero-order valence-corrected chi connectivity index (χ0v) is 32.2. The van der Waals surface area contributed by atoms with Crippen molar-refractivity contribution in [2.24, 2.45) is 0 Å². The van der Waals surface area contributed by atoms with E-state index in [1.165, 1.54) is 19.3 Å². The number of carbonyl (C=O) groups is 3. The highest BCUT2D eigenvalue weighted by atomic mass is 16.7. The van der Waals surface area contributed by atoms with Crippen molar-refractivity contribution < 1.29 is 53.8 Å². The van der Waals surface area contributed by atoms with Crippen molar-refractivity contribution in [1.82, 2.24) is 0 Å². The van der Waals surface area contributed by atoms with Crippen LogP contribution in [-0.4, -0.2) is 88.4 Å². The van der Waals surface area contributed by atoms with E-state index in [4.69, 9.17) is 18.9 Å². The lowest BCUT2D eigenvalue weighted by molar-refractivity contribution is -0.298. The van der Waals surface area contributed by atoms with Crippen LogP contribution in [0, 0.1) is 0 Å². The average Bonchev–Trinajstić information content (AvgIpc) is 3.14. The van der Waals surface area contributed by atoms with Crippen molar-refractivity contribution in [2.75, 3.05) is 13.2 Å². The molecule has 6 unspecified atom stereocenters. The molecule has 0 amide bonds. The fourth-order valence-corrected chi connectivity index (χ4v) is 5.45. The lowest BCUT2D eigenvalue weighted by atomic mass is 9.99. The molecule has 1 fully saturated rings. The van der Waals surface area contributed by atoms with Crippen LogP contribution in [0.3, 0.4) is 0 Å². The van der Waals surface area contributed by atoms with Gasteiger partial charge in [-0.2, -0.15) is 0 Å². The van der Waals surface area contributed by atoms with Crippen LogP contribution in [0.25, 0.3) is 0 Å². The predicted octanol–water partition coefficient (Wildman–Crippen LogP) is 7.58. The van der Waals surface area contributed by atoms with Gasteiger partial charge in [0.1, 0.15) is 24.9 Å². The number of esters is 2. The number of aliphatic hydroxyl groups excluding tert-OH is 3. The monoisotopic (exact) mass is 748 g/mol. The van der Waals surface area contributed by atoms with Gasteiger partial charge >= 0.3 is 17.9 Å². The number of aliphatic hydroxyl groups is 3. The third-order valence-corrected chi connectivity index (χ3v) is 8.60. The maximum atomic E-state index is 12.7. The molecular weight excluding hydrogens is 680 g/mol. The maximum absolute atomic E-state index is 12.7. The molecule has 1 saturated heterocycles. The van der Waals surface area contributed by atoms with E-state index >= 15 is 0 Å². The summed E-state index contributed by atoms with van der Waals surface area (Å²) in [6.07, 6.45) is 28.6. The minimum Gasteiger partial charge on any atom is -0.479 e. The molecule has 1 heterocycles. The van der Waals surface area contributed by atoms with Crippen molar-refractivity contribution in [3.63, 3.8) is 0 Å². The van der Waals surface area contributed by atoms with Crippen LogP contribution < -0.4 is 0 Å². The van der Waals surface area contributed by atoms with E-state index in [-0.39, 0.29) is 19.4 Å². The summed E-state index contributed by atoms with van der Waals surface area (Å²) in [5, 5.41) is 39.7. The van der Waals surface area contributed by atoms with E-state index in [1.807, 2.05) is 0 Å². The van der Waals surface area contributed by atoms with Crippen LogP contribution >= 0.6 is 0 Å². The quantitative estimate of drug-likeness (QED) is 0.0313. The Hall–Kier alpha value is -3.09. The molecule has 6 atom stereocenters. The predicted molar refractivity (Wildman–Crippen MR) is 206 cm³/mol. The van der Waals surface area contributed by atoms with Gasteiger partial charge in [0.15, 0.2) is 18.5 Å². The molecule has 1 rings (SSSR count). The van der Waals surface area contributed by atoms with Crippen LogP contribution in [0.1, 0.15) is 136 Å². The number of carboxylic acid groups (broad SMARTS) is 1. The van der Waals surface area contributed by atoms with E-state index in [1.54, 1.807) is 0 Å². The number of hydrogen-bond acceptors (Lipinski definition) is 10. The highest BCUT2D eigenvalue weighted by Gasteiger charge is 2.47. The first kappa shape index (κ1) is 47.9. The second-order valence-corrected chi connectivity index (χ2v) is 13.4. The number of aliphatic carboxylic acids is 1. The third-order valence-electron chi connectivity index (χ3n) is 8.60. The standard InChI is InChI=1S/C42H68O11/c1-3-5-7-9-11-13-15-17-18-19-21-22-24-26-28-30-35(43)50-32-34(33-51-42-39(47)37(45)38(46)40(53-42)41(48)49)52-36(44)31-29-27-25-23-20-16-14-12-10-8-6-4-2/h5,7,11-14,17-18,21-22,34,37-40,42,45-47H,3-4,6,8-10,15-16,19-20,23-33H2,1-2H3,(H,48,49)/b7-5-,13-11-,14-12-,18-17-,22-21-. The number of carboxylic acids is 1. The first-order chi connectivity index (χ1) is 25.7. The Balaban J connectivity index is 2.47. The van der Waals surface area contributed by atoms with Gasteiger partial charge < -0.3 is 39.4 Å². The van der Waals surface area contributed by atoms with Crippen molar-refractivity contribution in [3.05, 3.63) is 60.8 Å². The van der Waals surface area contributed by atoms with E-state index < -0.39 is 61.3 Å². The Kier molecular flexibility index (Phi) is 29.3. The Morgan fingerprint density at radius 1 is 0.604 bits per heavy atom. The van der Waals surface area contributed by atoms with Gasteiger partial charge in [-0.25, -0.2) is 4.79 Å². The van der Waals surface area contributed by atoms with Gasteiger partial charge in [0.05, 0.1) is 6.61 Å². The van der Waals surface area contributed by atoms with Crippen LogP contribution in [-0.2, 0) is 33.3 Å². The molecule has 0 spiro atoms. The molecule has 0 saturated carbocycles. The number of rotatable bonds is 31. The summed E-state index contributed by atoms with van der Waals surface area (Å²) >= 11 is 0. The molecule has 1 aliphatic heterocycles. The molecule has 53 heavy (non-hydrogen) atoms. The fraction of sp³-hybridized carbons (Fsp3) is 0.690. The van der Waals surface area contributed by atoms with Gasteiger partial charge in [-0.05, 0) is 77.0 Å². The number of hydrogen-bond donors (Lipinski definition) is 4. The molecule has 11 heteroatoms. The fourth-order valence-electron chi connectivity index (χ4n) is 5.45. The first-order valence-electron chi connectivity index (χ1n) is 19.8. The summed E-state index contributed by atoms with van der Waals surface area (Å²) in [5.74, 6) is -2.52. The zero-order chi connectivity index (χ0) is 38.9. The number of carbonyl (C=O) groups excluding carboxylic acids is 2. The van der Waals surface area contributed by atoms with Gasteiger partial charge in [-0.15, -0.1) is 0 Å². The molecule has 0 aromatic rings. The molecule has 0 aliphatic carbocycles. The molecule has 11 nitrogen and oxygen atoms in total. The van der Waals surface area contributed by atoms with Gasteiger partial charge in [-0.1, -0.05) is 107 Å². The Morgan fingerprint density at radius 3 is 1.74 bits per heavy atom. The highest BCUT2D eigenvalue weighted by Crippen LogP contribution is 2.23. The lowest BCUT2D eigenvalue weighted by Crippen LogP contribution is -2.60. The van der Waals surface area contributed by atoms with Crippen molar-refractivity contribution >= 4 is 17.9 Å². The first-order valence-corrected chi connectivity index (χ1v) is 19.8. The normalized spacial score (nSPS) is 21.4. The summed E-state index contributed by atoms with van der Waals surface area (Å²) in [7, 11) is 0. The molecule has 4 N–H and O–H groups in total. The van der Waals surface area contributed by atoms with Crippen molar-refractivity contribution in [3.8, 4) is 0 Å². The Morgan fingerprint density at radius 2 is 1.11 bits per heavy atom. The van der Waals surface area contributed by atoms with E-state index in [9.17, 15) is 34.8 Å². The summed E-state index contributed by atoms with van der Waals surface area (Å²) in [6, 6.07) is 0. The van der Waals surface area contributed by atoms with E-state index in [0.717, 1.165) is 77.0 Å². The Bertz CT molecular complexity index is 1110. The minimum atomic E-state index is -1.87. The van der Waals surface area contributed by atoms with E-state index in [0.29, 0.717) is 12.8 Å². The second kappa shape index (κ2) is 32.3. The SMILES string of the molecule is CC/C=C\C/C=C\C/C=C\C/C=C\CCCCC(=O)OCC(COC1OC(C(=O)O)C(O)C(O)C1O)OC(=O)CCCCCCC/C=C\CCCCC. The minimum absolute atomic E-state index is 0.160. The second-order valence-electron chi connectivity index (χ2n) is 13.4. The molecular formula is C42H68O11. The molecule has 0 radical (unpaired) electrons. The molecule has 1 aliphatic rings. The summed E-state index contributed by atoms with van der Waals surface area (Å²) < 4.78 is 21.6. The van der Waals surface area contributed by atoms with Crippen molar-refractivity contribution in [2.45, 2.75) is 173 Å². The van der Waals surface area contributed by atoms with Gasteiger partial charge in [-0.3, -0.25) is 9.59 Å². The topological polar surface area (TPSA) is 169 Å². The molecule has 0 bridgehead atoms. The van der Waals surface area contributed by atoms with Crippen LogP contribution in [0.5, 0.6) is 0 Å². The number of ether oxygens (including phenoxy) is 4. The van der Waals surface area contributed by atoms with Crippen LogP contribution in [0.15, 0.2) is 60.8 Å². The number of allylic oxidation sites excluding steroid dienone is 10. The van der Waals surface area contributed by atoms with Gasteiger partial charge in [0.2, 0.25) is 0 Å². The maximum Gasteiger partial charge on any atom is 0.335 e. The summed E-state index contributed by atoms with van der Waals surface area (Å²) in [5.41, 5.74) is 0. The molecule has 0 aromatic carbocycles. The van der Waals surface area contributed by atoms with Crippen LogP contribution in [0.2, 0.25) is 0 Å². The molecule has 0 aromatic heterocycles. The van der Waals surface area contributed by atoms with Gasteiger partial charge in [0, 0.05) is 12.8 Å². The smallest absolute Gasteiger partial charge is 0.335 e. The van der Waals surface area contributed by atoms with Crippen LogP contribution in [0.4, 0.5) is 0 Å². The average molecular weight is 749 g/mol. The largest absolute Gasteiger partial charge is 0.479 e. The third kappa shape index (κ3) is 24.8. The lowest BCUT2D eigenvalue weighted by Gasteiger charge is -2.38. The van der Waals surface area contributed by atoms with Gasteiger partial charge in [0.25, 0.3) is 0 Å². The Labute approximate surface area is 317 Å². The summed E-state index contributed by atoms with van der Waals surface area (Å²) in [4.78, 5) is 36.6. The highest BCUT2D eigenvalue weighted by molar-refractivity contribution is 5.73. The number of unbranched alkanes of at least 4 members (excludes halogenated alkanes) is 10. The zero-order valence-electron chi connectivity index (χ0n) is 32.2.